The molecule has 1 aromatic heterocycles. The van der Waals surface area contributed by atoms with Gasteiger partial charge in [0.05, 0.1) is 24.5 Å². The highest BCUT2D eigenvalue weighted by atomic mass is 16.5. The second kappa shape index (κ2) is 6.52. The fourth-order valence-electron chi connectivity index (χ4n) is 2.49. The Morgan fingerprint density at radius 2 is 1.96 bits per heavy atom. The van der Waals surface area contributed by atoms with Crippen LogP contribution in [-0.4, -0.2) is 22.6 Å². The van der Waals surface area contributed by atoms with Gasteiger partial charge in [0.2, 0.25) is 5.91 Å². The van der Waals surface area contributed by atoms with Crippen LogP contribution in [0.5, 0.6) is 5.75 Å². The van der Waals surface area contributed by atoms with Crippen LogP contribution in [0.3, 0.4) is 0 Å². The molecule has 118 valence electrons. The van der Waals surface area contributed by atoms with Crippen molar-refractivity contribution in [3.63, 3.8) is 0 Å². The summed E-state index contributed by atoms with van der Waals surface area (Å²) in [6.45, 7) is 2.36. The molecule has 3 aromatic rings. The minimum absolute atomic E-state index is 0.0380. The number of aromatic nitrogens is 2. The van der Waals surface area contributed by atoms with Crippen molar-refractivity contribution in [3.05, 3.63) is 60.4 Å². The van der Waals surface area contributed by atoms with Gasteiger partial charge in [-0.2, -0.15) is 0 Å². The average molecular weight is 309 g/mol. The van der Waals surface area contributed by atoms with E-state index in [1.54, 1.807) is 13.4 Å². The van der Waals surface area contributed by atoms with Crippen LogP contribution in [0.2, 0.25) is 0 Å². The van der Waals surface area contributed by atoms with Gasteiger partial charge in [-0.05, 0) is 36.8 Å². The lowest BCUT2D eigenvalue weighted by atomic mass is 10.2. The van der Waals surface area contributed by atoms with Crippen LogP contribution < -0.4 is 10.1 Å². The first-order chi connectivity index (χ1) is 11.2. The molecule has 0 aliphatic carbocycles. The number of methoxy groups -OCH3 is 1. The summed E-state index contributed by atoms with van der Waals surface area (Å²) in [5, 5.41) is 2.96. The van der Waals surface area contributed by atoms with Crippen molar-refractivity contribution in [2.45, 2.75) is 19.5 Å². The third-order valence-corrected chi connectivity index (χ3v) is 3.90. The van der Waals surface area contributed by atoms with Gasteiger partial charge in [0, 0.05) is 6.54 Å². The van der Waals surface area contributed by atoms with E-state index in [1.165, 1.54) is 0 Å². The molecule has 0 saturated heterocycles. The Bertz CT molecular complexity index is 809. The SMILES string of the molecule is COc1ccc(CNC(=O)C(C)n2cnc3ccccc32)cc1. The maximum absolute atomic E-state index is 12.4. The molecule has 0 saturated carbocycles. The molecule has 5 heteroatoms. The van der Waals surface area contributed by atoms with Gasteiger partial charge in [-0.25, -0.2) is 4.98 Å². The number of hydrogen-bond donors (Lipinski definition) is 1. The normalized spacial score (nSPS) is 12.1. The van der Waals surface area contributed by atoms with Crippen molar-refractivity contribution < 1.29 is 9.53 Å². The van der Waals surface area contributed by atoms with E-state index in [0.29, 0.717) is 6.54 Å². The number of hydrogen-bond acceptors (Lipinski definition) is 3. The summed E-state index contributed by atoms with van der Waals surface area (Å²) < 4.78 is 7.01. The van der Waals surface area contributed by atoms with Gasteiger partial charge in [-0.1, -0.05) is 24.3 Å². The van der Waals surface area contributed by atoms with Crippen LogP contribution in [0, 0.1) is 0 Å². The largest absolute Gasteiger partial charge is 0.497 e. The fraction of sp³-hybridized carbons (Fsp3) is 0.222. The van der Waals surface area contributed by atoms with E-state index in [2.05, 4.69) is 10.3 Å². The minimum atomic E-state index is -0.319. The quantitative estimate of drug-likeness (QED) is 0.788. The van der Waals surface area contributed by atoms with E-state index in [9.17, 15) is 4.79 Å². The highest BCUT2D eigenvalue weighted by molar-refractivity contribution is 5.83. The Morgan fingerprint density at radius 1 is 1.22 bits per heavy atom. The Hall–Kier alpha value is -2.82. The monoisotopic (exact) mass is 309 g/mol. The van der Waals surface area contributed by atoms with Crippen LogP contribution in [0.1, 0.15) is 18.5 Å². The first-order valence-electron chi connectivity index (χ1n) is 7.51. The molecule has 1 heterocycles. The number of imidazole rings is 1. The average Bonchev–Trinajstić information content (AvgIpc) is 3.03. The van der Waals surface area contributed by atoms with Gasteiger partial charge < -0.3 is 14.6 Å². The third kappa shape index (κ3) is 3.18. The third-order valence-electron chi connectivity index (χ3n) is 3.90. The fourth-order valence-corrected chi connectivity index (χ4v) is 2.49. The van der Waals surface area contributed by atoms with Gasteiger partial charge >= 0.3 is 0 Å². The lowest BCUT2D eigenvalue weighted by Crippen LogP contribution is -2.30. The Balaban J connectivity index is 1.67. The van der Waals surface area contributed by atoms with E-state index in [0.717, 1.165) is 22.3 Å². The minimum Gasteiger partial charge on any atom is -0.497 e. The van der Waals surface area contributed by atoms with Gasteiger partial charge in [0.25, 0.3) is 0 Å². The summed E-state index contributed by atoms with van der Waals surface area (Å²) in [5.74, 6) is 0.766. The maximum atomic E-state index is 12.4. The van der Waals surface area contributed by atoms with Crippen LogP contribution in [-0.2, 0) is 11.3 Å². The molecule has 2 aromatic carbocycles. The van der Waals surface area contributed by atoms with Crippen LogP contribution >= 0.6 is 0 Å². The predicted octanol–water partition coefficient (Wildman–Crippen LogP) is 2.92. The molecular formula is C18H19N3O2. The zero-order valence-corrected chi connectivity index (χ0v) is 13.2. The van der Waals surface area contributed by atoms with Gasteiger partial charge in [-0.3, -0.25) is 4.79 Å². The van der Waals surface area contributed by atoms with E-state index < -0.39 is 0 Å². The van der Waals surface area contributed by atoms with E-state index in [1.807, 2.05) is 60.0 Å². The summed E-state index contributed by atoms with van der Waals surface area (Å²) in [6, 6.07) is 15.1. The molecule has 3 rings (SSSR count). The number of nitrogens with zero attached hydrogens (tertiary/aromatic N) is 2. The van der Waals surface area contributed by atoms with E-state index in [4.69, 9.17) is 4.74 Å². The number of ether oxygens (including phenoxy) is 1. The molecule has 5 nitrogen and oxygen atoms in total. The lowest BCUT2D eigenvalue weighted by molar-refractivity contribution is -0.123. The first kappa shape index (κ1) is 15.1. The smallest absolute Gasteiger partial charge is 0.243 e. The summed E-state index contributed by atoms with van der Waals surface area (Å²) in [7, 11) is 1.63. The maximum Gasteiger partial charge on any atom is 0.243 e. The number of carbonyl (C=O) groups is 1. The number of amides is 1. The van der Waals surface area contributed by atoms with Gasteiger partial charge in [0.15, 0.2) is 0 Å². The number of nitrogens with one attached hydrogen (secondary N) is 1. The number of benzene rings is 2. The highest BCUT2D eigenvalue weighted by Gasteiger charge is 2.16. The molecule has 1 unspecified atom stereocenters. The van der Waals surface area contributed by atoms with E-state index >= 15 is 0 Å². The first-order valence-corrected chi connectivity index (χ1v) is 7.51. The van der Waals surface area contributed by atoms with Crippen molar-refractivity contribution in [1.82, 2.24) is 14.9 Å². The van der Waals surface area contributed by atoms with Crippen LogP contribution in [0.15, 0.2) is 54.9 Å². The summed E-state index contributed by atoms with van der Waals surface area (Å²) in [6.07, 6.45) is 1.71. The van der Waals surface area contributed by atoms with E-state index in [-0.39, 0.29) is 11.9 Å². The number of rotatable bonds is 5. The molecule has 0 radical (unpaired) electrons. The Labute approximate surface area is 134 Å². The summed E-state index contributed by atoms with van der Waals surface area (Å²) in [5.41, 5.74) is 2.88. The lowest BCUT2D eigenvalue weighted by Gasteiger charge is -2.14. The molecule has 1 amide bonds. The molecule has 23 heavy (non-hydrogen) atoms. The molecule has 0 aliphatic heterocycles. The van der Waals surface area contributed by atoms with Crippen molar-refractivity contribution >= 4 is 16.9 Å². The second-order valence-corrected chi connectivity index (χ2v) is 5.38. The van der Waals surface area contributed by atoms with Gasteiger partial charge in [0.1, 0.15) is 11.8 Å². The Kier molecular flexibility index (Phi) is 4.28. The molecule has 1 N–H and O–H groups in total. The molecule has 1 atom stereocenters. The van der Waals surface area contributed by atoms with Crippen molar-refractivity contribution in [3.8, 4) is 5.75 Å². The molecule has 0 fully saturated rings. The van der Waals surface area contributed by atoms with Crippen molar-refractivity contribution in [2.75, 3.05) is 7.11 Å². The van der Waals surface area contributed by atoms with Crippen molar-refractivity contribution in [2.24, 2.45) is 0 Å². The molecule has 0 spiro atoms. The standard InChI is InChI=1S/C18H19N3O2/c1-13(21-12-20-16-5-3-4-6-17(16)21)18(22)19-11-14-7-9-15(23-2)10-8-14/h3-10,12-13H,11H2,1-2H3,(H,19,22). The molecular weight excluding hydrogens is 290 g/mol. The summed E-state index contributed by atoms with van der Waals surface area (Å²) in [4.78, 5) is 16.7. The number of para-hydroxylation sites is 2. The van der Waals surface area contributed by atoms with Gasteiger partial charge in [-0.15, -0.1) is 0 Å². The zero-order valence-electron chi connectivity index (χ0n) is 13.2. The molecule has 0 bridgehead atoms. The predicted molar refractivity (Wildman–Crippen MR) is 89.3 cm³/mol. The zero-order chi connectivity index (χ0) is 16.2. The topological polar surface area (TPSA) is 56.1 Å². The van der Waals surface area contributed by atoms with Crippen LogP contribution in [0.25, 0.3) is 11.0 Å². The number of carbonyl (C=O) groups excluding carboxylic acids is 1. The van der Waals surface area contributed by atoms with Crippen molar-refractivity contribution in [1.29, 1.82) is 0 Å². The molecule has 0 aliphatic rings. The highest BCUT2D eigenvalue weighted by Crippen LogP contribution is 2.17. The second-order valence-electron chi connectivity index (χ2n) is 5.38. The summed E-state index contributed by atoms with van der Waals surface area (Å²) >= 11 is 0. The van der Waals surface area contributed by atoms with Crippen LogP contribution in [0.4, 0.5) is 0 Å². The number of fused-ring (bicyclic) bond motifs is 1. The Morgan fingerprint density at radius 3 is 2.70 bits per heavy atom.